The van der Waals surface area contributed by atoms with E-state index in [-0.39, 0.29) is 0 Å². The Morgan fingerprint density at radius 3 is 2.72 bits per heavy atom. The lowest BCUT2D eigenvalue weighted by atomic mass is 9.78. The summed E-state index contributed by atoms with van der Waals surface area (Å²) in [5, 5.41) is 3.43. The van der Waals surface area contributed by atoms with Crippen molar-refractivity contribution in [1.82, 2.24) is 5.32 Å². The molecule has 106 valence electrons. The lowest BCUT2D eigenvalue weighted by molar-refractivity contribution is -0.0304. The number of nitrogens with one attached hydrogen (secondary N) is 1. The Labute approximate surface area is 112 Å². The predicted octanol–water partition coefficient (Wildman–Crippen LogP) is 2.45. The summed E-state index contributed by atoms with van der Waals surface area (Å²) in [4.78, 5) is 0. The van der Waals surface area contributed by atoms with E-state index in [0.29, 0.717) is 18.1 Å². The third-order valence-electron chi connectivity index (χ3n) is 4.72. The van der Waals surface area contributed by atoms with Gasteiger partial charge in [-0.25, -0.2) is 0 Å². The maximum Gasteiger partial charge on any atom is 0.0730 e. The lowest BCUT2D eigenvalue weighted by Gasteiger charge is -2.38. The van der Waals surface area contributed by atoms with Crippen molar-refractivity contribution in [3.8, 4) is 0 Å². The van der Waals surface area contributed by atoms with Crippen LogP contribution in [0.3, 0.4) is 0 Å². The molecule has 18 heavy (non-hydrogen) atoms. The Bertz CT molecular complexity index is 239. The zero-order valence-corrected chi connectivity index (χ0v) is 12.2. The van der Waals surface area contributed by atoms with E-state index in [1.165, 1.54) is 25.7 Å². The van der Waals surface area contributed by atoms with E-state index in [4.69, 9.17) is 9.47 Å². The largest absolute Gasteiger partial charge is 0.381 e. The normalized spacial score (nSPS) is 37.3. The second-order valence-corrected chi connectivity index (χ2v) is 6.31. The molecule has 1 N–H and O–H groups in total. The molecule has 0 bridgehead atoms. The molecule has 1 heterocycles. The van der Waals surface area contributed by atoms with Crippen molar-refractivity contribution in [2.75, 3.05) is 26.9 Å². The molecule has 4 unspecified atom stereocenters. The third kappa shape index (κ3) is 3.69. The van der Waals surface area contributed by atoms with Crippen LogP contribution in [0.1, 0.15) is 39.5 Å². The van der Waals surface area contributed by atoms with E-state index in [1.54, 1.807) is 0 Å². The number of likely N-dealkylation sites (N-methyl/N-ethyl adjacent to an activating group) is 1. The molecule has 0 aromatic rings. The van der Waals surface area contributed by atoms with Crippen molar-refractivity contribution < 1.29 is 9.47 Å². The summed E-state index contributed by atoms with van der Waals surface area (Å²) in [6.07, 6.45) is 5.39. The molecule has 1 aliphatic carbocycles. The second-order valence-electron chi connectivity index (χ2n) is 6.31. The monoisotopic (exact) mass is 255 g/mol. The predicted molar refractivity (Wildman–Crippen MR) is 73.7 cm³/mol. The molecule has 2 rings (SSSR count). The first kappa shape index (κ1) is 14.3. The Kier molecular flexibility index (Phi) is 5.46. The first-order chi connectivity index (χ1) is 8.70. The van der Waals surface area contributed by atoms with Gasteiger partial charge in [-0.3, -0.25) is 0 Å². The standard InChI is InChI=1S/C15H29NO2/c1-11(2)13-4-5-14(16-3)15(8-13)18-10-12-6-7-17-9-12/h11-16H,4-10H2,1-3H3. The second kappa shape index (κ2) is 6.88. The van der Waals surface area contributed by atoms with Crippen LogP contribution in [0.5, 0.6) is 0 Å². The molecule has 2 fully saturated rings. The highest BCUT2D eigenvalue weighted by molar-refractivity contribution is 4.86. The van der Waals surface area contributed by atoms with Crippen LogP contribution in [0, 0.1) is 17.8 Å². The van der Waals surface area contributed by atoms with E-state index >= 15 is 0 Å². The van der Waals surface area contributed by atoms with Gasteiger partial charge in [0.05, 0.1) is 19.3 Å². The molecular weight excluding hydrogens is 226 g/mol. The highest BCUT2D eigenvalue weighted by Crippen LogP contribution is 2.32. The average Bonchev–Trinajstić information content (AvgIpc) is 2.89. The van der Waals surface area contributed by atoms with Gasteiger partial charge in [0.25, 0.3) is 0 Å². The maximum absolute atomic E-state index is 6.21. The molecule has 3 nitrogen and oxygen atoms in total. The summed E-state index contributed by atoms with van der Waals surface area (Å²) in [5.41, 5.74) is 0. The minimum atomic E-state index is 0.400. The molecule has 0 amide bonds. The average molecular weight is 255 g/mol. The topological polar surface area (TPSA) is 30.5 Å². The maximum atomic E-state index is 6.21. The summed E-state index contributed by atoms with van der Waals surface area (Å²) in [6, 6.07) is 0.544. The zero-order valence-electron chi connectivity index (χ0n) is 12.2. The Hall–Kier alpha value is -0.120. The fourth-order valence-electron chi connectivity index (χ4n) is 3.25. The highest BCUT2D eigenvalue weighted by atomic mass is 16.5. The van der Waals surface area contributed by atoms with Gasteiger partial charge in [-0.2, -0.15) is 0 Å². The van der Waals surface area contributed by atoms with Crippen LogP contribution in [0.4, 0.5) is 0 Å². The van der Waals surface area contributed by atoms with Gasteiger partial charge >= 0.3 is 0 Å². The van der Waals surface area contributed by atoms with Crippen LogP contribution in [0.2, 0.25) is 0 Å². The number of ether oxygens (including phenoxy) is 2. The minimum absolute atomic E-state index is 0.400. The van der Waals surface area contributed by atoms with E-state index in [9.17, 15) is 0 Å². The van der Waals surface area contributed by atoms with Gasteiger partial charge in [0, 0.05) is 18.6 Å². The van der Waals surface area contributed by atoms with E-state index in [1.807, 2.05) is 0 Å². The fraction of sp³-hybridized carbons (Fsp3) is 1.00. The highest BCUT2D eigenvalue weighted by Gasteiger charge is 2.32. The molecule has 0 spiro atoms. The Morgan fingerprint density at radius 1 is 1.28 bits per heavy atom. The van der Waals surface area contributed by atoms with Crippen molar-refractivity contribution in [2.45, 2.75) is 51.7 Å². The van der Waals surface area contributed by atoms with Gasteiger partial charge in [-0.05, 0) is 44.6 Å². The lowest BCUT2D eigenvalue weighted by Crippen LogP contribution is -2.45. The Balaban J connectivity index is 1.81. The van der Waals surface area contributed by atoms with Crippen LogP contribution in [0.15, 0.2) is 0 Å². The zero-order chi connectivity index (χ0) is 13.0. The van der Waals surface area contributed by atoms with Gasteiger partial charge in [-0.1, -0.05) is 13.8 Å². The quantitative estimate of drug-likeness (QED) is 0.818. The van der Waals surface area contributed by atoms with Crippen LogP contribution in [-0.2, 0) is 9.47 Å². The van der Waals surface area contributed by atoms with Gasteiger partial charge < -0.3 is 14.8 Å². The summed E-state index contributed by atoms with van der Waals surface area (Å²) >= 11 is 0. The van der Waals surface area contributed by atoms with Crippen molar-refractivity contribution in [1.29, 1.82) is 0 Å². The van der Waals surface area contributed by atoms with Gasteiger partial charge in [0.2, 0.25) is 0 Å². The molecule has 0 aromatic carbocycles. The van der Waals surface area contributed by atoms with Crippen LogP contribution in [0.25, 0.3) is 0 Å². The first-order valence-corrected chi connectivity index (χ1v) is 7.57. The smallest absolute Gasteiger partial charge is 0.0730 e. The molecule has 1 saturated carbocycles. The van der Waals surface area contributed by atoms with E-state index in [0.717, 1.165) is 31.7 Å². The van der Waals surface area contributed by atoms with Gasteiger partial charge in [0.15, 0.2) is 0 Å². The third-order valence-corrected chi connectivity index (χ3v) is 4.72. The van der Waals surface area contributed by atoms with Crippen molar-refractivity contribution >= 4 is 0 Å². The summed E-state index contributed by atoms with van der Waals surface area (Å²) < 4.78 is 11.6. The van der Waals surface area contributed by atoms with Crippen LogP contribution >= 0.6 is 0 Å². The SMILES string of the molecule is CNC1CCC(C(C)C)CC1OCC1CCOC1. The van der Waals surface area contributed by atoms with E-state index < -0.39 is 0 Å². The fourth-order valence-corrected chi connectivity index (χ4v) is 3.25. The summed E-state index contributed by atoms with van der Waals surface area (Å²) in [6.45, 7) is 7.37. The molecular formula is C15H29NO2. The molecule has 3 heteroatoms. The van der Waals surface area contributed by atoms with Gasteiger partial charge in [-0.15, -0.1) is 0 Å². The summed E-state index contributed by atoms with van der Waals surface area (Å²) in [7, 11) is 2.06. The molecule has 0 radical (unpaired) electrons. The van der Waals surface area contributed by atoms with Crippen molar-refractivity contribution in [3.05, 3.63) is 0 Å². The molecule has 2 aliphatic rings. The van der Waals surface area contributed by atoms with Crippen molar-refractivity contribution in [2.24, 2.45) is 17.8 Å². The summed E-state index contributed by atoms with van der Waals surface area (Å²) in [5.74, 6) is 2.24. The number of rotatable bonds is 5. The van der Waals surface area contributed by atoms with Crippen molar-refractivity contribution in [3.63, 3.8) is 0 Å². The Morgan fingerprint density at radius 2 is 2.11 bits per heavy atom. The van der Waals surface area contributed by atoms with Crippen LogP contribution < -0.4 is 5.32 Å². The molecule has 1 aliphatic heterocycles. The van der Waals surface area contributed by atoms with E-state index in [2.05, 4.69) is 26.2 Å². The molecule has 1 saturated heterocycles. The van der Waals surface area contributed by atoms with Crippen LogP contribution in [-0.4, -0.2) is 39.0 Å². The molecule has 4 atom stereocenters. The minimum Gasteiger partial charge on any atom is -0.381 e. The number of hydrogen-bond donors (Lipinski definition) is 1. The first-order valence-electron chi connectivity index (χ1n) is 7.57. The van der Waals surface area contributed by atoms with Gasteiger partial charge in [0.1, 0.15) is 0 Å². The molecule has 0 aromatic heterocycles. The number of hydrogen-bond acceptors (Lipinski definition) is 3.